The fraction of sp³-hybridized carbons (Fsp3) is 0.500. The number of likely N-dealkylation sites (tertiary alicyclic amines) is 1. The molecule has 138 valence electrons. The molecule has 1 aromatic heterocycles. The highest BCUT2D eigenvalue weighted by molar-refractivity contribution is 5.75. The van der Waals surface area contributed by atoms with E-state index in [4.69, 9.17) is 4.74 Å². The number of H-pyrrole nitrogens is 1. The minimum Gasteiger partial charge on any atom is -0.497 e. The fourth-order valence-electron chi connectivity index (χ4n) is 4.55. The van der Waals surface area contributed by atoms with Gasteiger partial charge in [-0.15, -0.1) is 0 Å². The van der Waals surface area contributed by atoms with Crippen molar-refractivity contribution >= 4 is 5.91 Å². The summed E-state index contributed by atoms with van der Waals surface area (Å²) in [4.78, 5) is 24.7. The standard InChI is InChI=1S/C20H26N4O2/c1-15(25)24-9-6-18-19(22-14-21-18)20(24)7-10-23(11-8-20)13-16-4-3-5-17(12-16)26-2/h3-5,12,14H,6-11,13H2,1-2H3,(H,21,22). The largest absolute Gasteiger partial charge is 0.497 e. The molecule has 1 amide bonds. The Labute approximate surface area is 154 Å². The Bertz CT molecular complexity index is 793. The van der Waals surface area contributed by atoms with Gasteiger partial charge in [0.15, 0.2) is 0 Å². The molecule has 0 saturated carbocycles. The number of ether oxygens (including phenoxy) is 1. The molecule has 1 fully saturated rings. The Hall–Kier alpha value is -2.34. The van der Waals surface area contributed by atoms with E-state index in [0.717, 1.165) is 56.9 Å². The van der Waals surface area contributed by atoms with Crippen molar-refractivity contribution in [3.63, 3.8) is 0 Å². The SMILES string of the molecule is COc1cccc(CN2CCC3(CC2)c2nc[nH]c2CCN3C(C)=O)c1. The van der Waals surface area contributed by atoms with Crippen molar-refractivity contribution in [3.8, 4) is 5.75 Å². The van der Waals surface area contributed by atoms with Crippen molar-refractivity contribution in [1.82, 2.24) is 19.8 Å². The van der Waals surface area contributed by atoms with E-state index >= 15 is 0 Å². The summed E-state index contributed by atoms with van der Waals surface area (Å²) in [5, 5.41) is 0. The summed E-state index contributed by atoms with van der Waals surface area (Å²) in [6.07, 6.45) is 4.49. The Balaban J connectivity index is 1.52. The maximum absolute atomic E-state index is 12.3. The summed E-state index contributed by atoms with van der Waals surface area (Å²) in [6.45, 7) is 5.27. The highest BCUT2D eigenvalue weighted by atomic mass is 16.5. The van der Waals surface area contributed by atoms with Crippen LogP contribution in [-0.4, -0.2) is 52.4 Å². The predicted octanol–water partition coefficient (Wildman–Crippen LogP) is 2.31. The number of rotatable bonds is 3. The zero-order chi connectivity index (χ0) is 18.1. The van der Waals surface area contributed by atoms with Crippen LogP contribution in [0.5, 0.6) is 5.75 Å². The first-order chi connectivity index (χ1) is 12.6. The second-order valence-corrected chi connectivity index (χ2v) is 7.31. The lowest BCUT2D eigenvalue weighted by Gasteiger charge is -2.50. The average Bonchev–Trinajstić information content (AvgIpc) is 3.14. The van der Waals surface area contributed by atoms with Crippen LogP contribution in [0.3, 0.4) is 0 Å². The summed E-state index contributed by atoms with van der Waals surface area (Å²) in [7, 11) is 1.70. The number of hydrogen-bond acceptors (Lipinski definition) is 4. The number of imidazole rings is 1. The van der Waals surface area contributed by atoms with Gasteiger partial charge < -0.3 is 14.6 Å². The average molecular weight is 354 g/mol. The topological polar surface area (TPSA) is 61.5 Å². The summed E-state index contributed by atoms with van der Waals surface area (Å²) >= 11 is 0. The van der Waals surface area contributed by atoms with E-state index in [1.165, 1.54) is 11.3 Å². The number of methoxy groups -OCH3 is 1. The molecule has 1 aromatic carbocycles. The smallest absolute Gasteiger partial charge is 0.220 e. The lowest BCUT2D eigenvalue weighted by atomic mass is 9.78. The van der Waals surface area contributed by atoms with Crippen molar-refractivity contribution in [2.24, 2.45) is 0 Å². The van der Waals surface area contributed by atoms with Crippen LogP contribution in [0.25, 0.3) is 0 Å². The van der Waals surface area contributed by atoms with Gasteiger partial charge in [0.2, 0.25) is 5.91 Å². The number of aromatic amines is 1. The first-order valence-corrected chi connectivity index (χ1v) is 9.28. The van der Waals surface area contributed by atoms with Gasteiger partial charge in [0.25, 0.3) is 0 Å². The number of piperidine rings is 1. The number of carbonyl (C=O) groups excluding carboxylic acids is 1. The summed E-state index contributed by atoms with van der Waals surface area (Å²) in [5.74, 6) is 1.05. The first kappa shape index (κ1) is 17.1. The second-order valence-electron chi connectivity index (χ2n) is 7.31. The molecule has 6 heteroatoms. The molecule has 26 heavy (non-hydrogen) atoms. The Morgan fingerprint density at radius 1 is 1.31 bits per heavy atom. The van der Waals surface area contributed by atoms with Crippen molar-refractivity contribution in [3.05, 3.63) is 47.5 Å². The van der Waals surface area contributed by atoms with E-state index in [1.807, 2.05) is 12.1 Å². The van der Waals surface area contributed by atoms with Gasteiger partial charge >= 0.3 is 0 Å². The quantitative estimate of drug-likeness (QED) is 0.919. The van der Waals surface area contributed by atoms with E-state index < -0.39 is 0 Å². The molecular formula is C20H26N4O2. The molecule has 0 aliphatic carbocycles. The van der Waals surface area contributed by atoms with Gasteiger partial charge in [0.1, 0.15) is 5.75 Å². The van der Waals surface area contributed by atoms with Crippen LogP contribution < -0.4 is 4.74 Å². The maximum Gasteiger partial charge on any atom is 0.220 e. The third-order valence-electron chi connectivity index (χ3n) is 5.86. The van der Waals surface area contributed by atoms with Crippen molar-refractivity contribution in [2.45, 2.75) is 38.3 Å². The zero-order valence-corrected chi connectivity index (χ0v) is 15.5. The lowest BCUT2D eigenvalue weighted by Crippen LogP contribution is -2.57. The lowest BCUT2D eigenvalue weighted by molar-refractivity contribution is -0.139. The fourth-order valence-corrected chi connectivity index (χ4v) is 4.55. The number of aromatic nitrogens is 2. The number of amides is 1. The molecule has 4 rings (SSSR count). The molecule has 0 atom stereocenters. The number of benzene rings is 1. The van der Waals surface area contributed by atoms with E-state index in [2.05, 4.69) is 31.9 Å². The molecule has 2 aliphatic rings. The van der Waals surface area contributed by atoms with Crippen LogP contribution in [0.1, 0.15) is 36.7 Å². The number of carbonyl (C=O) groups is 1. The molecule has 0 radical (unpaired) electrons. The van der Waals surface area contributed by atoms with Gasteiger partial charge in [-0.05, 0) is 30.5 Å². The molecule has 2 aromatic rings. The van der Waals surface area contributed by atoms with Crippen LogP contribution in [0.15, 0.2) is 30.6 Å². The highest BCUT2D eigenvalue weighted by Crippen LogP contribution is 2.42. The normalized spacial score (nSPS) is 19.4. The van der Waals surface area contributed by atoms with Crippen molar-refractivity contribution < 1.29 is 9.53 Å². The zero-order valence-electron chi connectivity index (χ0n) is 15.5. The van der Waals surface area contributed by atoms with Gasteiger partial charge in [-0.3, -0.25) is 9.69 Å². The van der Waals surface area contributed by atoms with Crippen LogP contribution in [-0.2, 0) is 23.3 Å². The van der Waals surface area contributed by atoms with Crippen LogP contribution in [0, 0.1) is 0 Å². The van der Waals surface area contributed by atoms with Gasteiger partial charge in [0.05, 0.1) is 24.7 Å². The molecule has 1 saturated heterocycles. The van der Waals surface area contributed by atoms with Crippen molar-refractivity contribution in [1.29, 1.82) is 0 Å². The molecular weight excluding hydrogens is 328 g/mol. The Morgan fingerprint density at radius 3 is 2.85 bits per heavy atom. The minimum atomic E-state index is -0.246. The Morgan fingerprint density at radius 2 is 2.12 bits per heavy atom. The minimum absolute atomic E-state index is 0.153. The van der Waals surface area contributed by atoms with Crippen LogP contribution in [0.4, 0.5) is 0 Å². The molecule has 0 unspecified atom stereocenters. The molecule has 0 bridgehead atoms. The van der Waals surface area contributed by atoms with Gasteiger partial charge in [-0.2, -0.15) is 0 Å². The van der Waals surface area contributed by atoms with Gasteiger partial charge in [-0.25, -0.2) is 4.98 Å². The summed E-state index contributed by atoms with van der Waals surface area (Å²) < 4.78 is 5.33. The molecule has 2 aliphatic heterocycles. The highest BCUT2D eigenvalue weighted by Gasteiger charge is 2.47. The van der Waals surface area contributed by atoms with Crippen LogP contribution >= 0.6 is 0 Å². The summed E-state index contributed by atoms with van der Waals surface area (Å²) in [5.41, 5.74) is 3.29. The van der Waals surface area contributed by atoms with Crippen molar-refractivity contribution in [2.75, 3.05) is 26.7 Å². The number of hydrogen-bond donors (Lipinski definition) is 1. The third kappa shape index (κ3) is 2.88. The number of fused-ring (bicyclic) bond motifs is 2. The molecule has 1 N–H and O–H groups in total. The number of nitrogens with one attached hydrogen (secondary N) is 1. The predicted molar refractivity (Wildman–Crippen MR) is 98.9 cm³/mol. The maximum atomic E-state index is 12.3. The molecule has 3 heterocycles. The molecule has 1 spiro atoms. The van der Waals surface area contributed by atoms with E-state index in [0.29, 0.717) is 0 Å². The third-order valence-corrected chi connectivity index (χ3v) is 5.86. The van der Waals surface area contributed by atoms with E-state index in [-0.39, 0.29) is 11.4 Å². The summed E-state index contributed by atoms with van der Waals surface area (Å²) in [6, 6.07) is 8.24. The Kier molecular flexibility index (Phi) is 4.44. The van der Waals surface area contributed by atoms with Crippen LogP contribution in [0.2, 0.25) is 0 Å². The monoisotopic (exact) mass is 354 g/mol. The van der Waals surface area contributed by atoms with Gasteiger partial charge in [-0.1, -0.05) is 12.1 Å². The van der Waals surface area contributed by atoms with Gasteiger partial charge in [0, 0.05) is 45.2 Å². The molecule has 6 nitrogen and oxygen atoms in total. The second kappa shape index (κ2) is 6.76. The van der Waals surface area contributed by atoms with E-state index in [9.17, 15) is 4.79 Å². The first-order valence-electron chi connectivity index (χ1n) is 9.28. The number of nitrogens with zero attached hydrogens (tertiary/aromatic N) is 3. The van der Waals surface area contributed by atoms with E-state index in [1.54, 1.807) is 20.4 Å².